The van der Waals surface area contributed by atoms with Gasteiger partial charge in [-0.1, -0.05) is 0 Å². The molecule has 1 heterocycles. The molecule has 1 unspecified atom stereocenters. The van der Waals surface area contributed by atoms with Crippen LogP contribution in [0.2, 0.25) is 0 Å². The maximum atomic E-state index is 12.3. The van der Waals surface area contributed by atoms with E-state index in [0.717, 1.165) is 19.1 Å². The fourth-order valence-electron chi connectivity index (χ4n) is 2.53. The highest BCUT2D eigenvalue weighted by Gasteiger charge is 2.35. The molecule has 0 spiro atoms. The van der Waals surface area contributed by atoms with Crippen molar-refractivity contribution in [1.29, 1.82) is 0 Å². The summed E-state index contributed by atoms with van der Waals surface area (Å²) in [5.74, 6) is -0.466. The van der Waals surface area contributed by atoms with Crippen LogP contribution in [-0.2, 0) is 19.6 Å². The molecule has 1 aliphatic heterocycles. The first-order valence-corrected chi connectivity index (χ1v) is 9.18. The number of nitrogens with one attached hydrogen (secondary N) is 1. The Morgan fingerprint density at radius 2 is 1.87 bits per heavy atom. The average Bonchev–Trinajstić information content (AvgIpc) is 2.48. The second kappa shape index (κ2) is 7.10. The molecule has 126 valence electrons. The summed E-state index contributed by atoms with van der Waals surface area (Å²) >= 11 is 0. The van der Waals surface area contributed by atoms with E-state index in [-0.39, 0.29) is 5.91 Å². The minimum Gasteiger partial charge on any atom is -0.425 e. The Balaban J connectivity index is 2.06. The van der Waals surface area contributed by atoms with Crippen LogP contribution in [0.4, 0.5) is 5.69 Å². The Kier molecular flexibility index (Phi) is 5.38. The molecular formula is C15H20N2O5S. The SMILES string of the molecule is CC(=O)Nc1ccc(OC(=O)C2CCCCN2S(C)(=O)=O)cc1. The number of rotatable bonds is 4. The number of sulfonamides is 1. The minimum absolute atomic E-state index is 0.194. The lowest BCUT2D eigenvalue weighted by Gasteiger charge is -2.31. The molecule has 1 aromatic rings. The zero-order valence-corrected chi connectivity index (χ0v) is 13.9. The number of esters is 1. The lowest BCUT2D eigenvalue weighted by molar-refractivity contribution is -0.139. The van der Waals surface area contributed by atoms with E-state index in [1.54, 1.807) is 24.3 Å². The second-order valence-electron chi connectivity index (χ2n) is 5.51. The van der Waals surface area contributed by atoms with Crippen LogP contribution >= 0.6 is 0 Å². The third-order valence-electron chi connectivity index (χ3n) is 3.54. The van der Waals surface area contributed by atoms with Gasteiger partial charge in [0.1, 0.15) is 11.8 Å². The maximum Gasteiger partial charge on any atom is 0.329 e. The molecule has 1 N–H and O–H groups in total. The number of hydrogen-bond donors (Lipinski definition) is 1. The van der Waals surface area contributed by atoms with Gasteiger partial charge < -0.3 is 10.1 Å². The van der Waals surface area contributed by atoms with Gasteiger partial charge in [-0.15, -0.1) is 0 Å². The molecule has 1 fully saturated rings. The number of benzene rings is 1. The Morgan fingerprint density at radius 3 is 2.43 bits per heavy atom. The molecule has 1 saturated heterocycles. The molecule has 0 saturated carbocycles. The van der Waals surface area contributed by atoms with Crippen molar-refractivity contribution in [2.24, 2.45) is 0 Å². The van der Waals surface area contributed by atoms with Gasteiger partial charge in [-0.25, -0.2) is 13.2 Å². The maximum absolute atomic E-state index is 12.3. The van der Waals surface area contributed by atoms with Crippen LogP contribution in [0.5, 0.6) is 5.75 Å². The van der Waals surface area contributed by atoms with E-state index < -0.39 is 22.0 Å². The molecule has 2 rings (SSSR count). The monoisotopic (exact) mass is 340 g/mol. The van der Waals surface area contributed by atoms with Gasteiger partial charge >= 0.3 is 5.97 Å². The van der Waals surface area contributed by atoms with Crippen molar-refractivity contribution in [1.82, 2.24) is 4.31 Å². The highest BCUT2D eigenvalue weighted by atomic mass is 32.2. The number of piperidine rings is 1. The summed E-state index contributed by atoms with van der Waals surface area (Å²) < 4.78 is 30.0. The van der Waals surface area contributed by atoms with Gasteiger partial charge in [0.05, 0.1) is 6.26 Å². The van der Waals surface area contributed by atoms with Crippen LogP contribution < -0.4 is 10.1 Å². The number of ether oxygens (including phenoxy) is 1. The number of carbonyl (C=O) groups is 2. The summed E-state index contributed by atoms with van der Waals surface area (Å²) in [5.41, 5.74) is 0.590. The zero-order valence-electron chi connectivity index (χ0n) is 13.1. The summed E-state index contributed by atoms with van der Waals surface area (Å²) in [7, 11) is -3.45. The Labute approximate surface area is 135 Å². The first-order chi connectivity index (χ1) is 10.8. The molecule has 1 aromatic carbocycles. The largest absolute Gasteiger partial charge is 0.425 e. The lowest BCUT2D eigenvalue weighted by Crippen LogP contribution is -2.48. The molecular weight excluding hydrogens is 320 g/mol. The van der Waals surface area contributed by atoms with Gasteiger partial charge in [-0.3, -0.25) is 4.79 Å². The Morgan fingerprint density at radius 1 is 1.22 bits per heavy atom. The molecule has 7 nitrogen and oxygen atoms in total. The minimum atomic E-state index is -3.45. The van der Waals surface area contributed by atoms with Crippen molar-refractivity contribution >= 4 is 27.6 Å². The highest BCUT2D eigenvalue weighted by Crippen LogP contribution is 2.23. The summed E-state index contributed by atoms with van der Waals surface area (Å²) in [6, 6.07) is 5.54. The molecule has 0 aromatic heterocycles. The number of anilines is 1. The molecule has 1 atom stereocenters. The van der Waals surface area contributed by atoms with Crippen molar-refractivity contribution in [3.63, 3.8) is 0 Å². The van der Waals surface area contributed by atoms with Crippen molar-refractivity contribution in [3.05, 3.63) is 24.3 Å². The number of hydrogen-bond acceptors (Lipinski definition) is 5. The van der Waals surface area contributed by atoms with E-state index in [0.29, 0.717) is 24.4 Å². The van der Waals surface area contributed by atoms with E-state index in [4.69, 9.17) is 4.74 Å². The van der Waals surface area contributed by atoms with Crippen molar-refractivity contribution in [3.8, 4) is 5.75 Å². The van der Waals surface area contributed by atoms with Crippen LogP contribution in [-0.4, -0.2) is 43.4 Å². The van der Waals surface area contributed by atoms with Crippen molar-refractivity contribution in [2.45, 2.75) is 32.2 Å². The van der Waals surface area contributed by atoms with Crippen molar-refractivity contribution < 1.29 is 22.7 Å². The van der Waals surface area contributed by atoms with Crippen LogP contribution in [0.1, 0.15) is 26.2 Å². The zero-order chi connectivity index (χ0) is 17.0. The van der Waals surface area contributed by atoms with E-state index in [9.17, 15) is 18.0 Å². The fraction of sp³-hybridized carbons (Fsp3) is 0.467. The molecule has 0 bridgehead atoms. The predicted octanol–water partition coefficient (Wildman–Crippen LogP) is 1.36. The molecule has 23 heavy (non-hydrogen) atoms. The number of carbonyl (C=O) groups excluding carboxylic acids is 2. The lowest BCUT2D eigenvalue weighted by atomic mass is 10.1. The van der Waals surface area contributed by atoms with E-state index in [1.807, 2.05) is 0 Å². The topological polar surface area (TPSA) is 92.8 Å². The van der Waals surface area contributed by atoms with Gasteiger partial charge in [-0.2, -0.15) is 4.31 Å². The molecule has 0 radical (unpaired) electrons. The second-order valence-corrected chi connectivity index (χ2v) is 7.45. The summed E-state index contributed by atoms with van der Waals surface area (Å²) in [6.07, 6.45) is 3.08. The average molecular weight is 340 g/mol. The van der Waals surface area contributed by atoms with Crippen LogP contribution in [0.25, 0.3) is 0 Å². The predicted molar refractivity (Wildman–Crippen MR) is 85.6 cm³/mol. The molecule has 8 heteroatoms. The number of amides is 1. The first-order valence-electron chi connectivity index (χ1n) is 7.33. The van der Waals surface area contributed by atoms with Crippen LogP contribution in [0.3, 0.4) is 0 Å². The van der Waals surface area contributed by atoms with Gasteiger partial charge in [0.25, 0.3) is 0 Å². The van der Waals surface area contributed by atoms with E-state index >= 15 is 0 Å². The smallest absolute Gasteiger partial charge is 0.329 e. The van der Waals surface area contributed by atoms with Crippen molar-refractivity contribution in [2.75, 3.05) is 18.1 Å². The van der Waals surface area contributed by atoms with E-state index in [2.05, 4.69) is 5.32 Å². The summed E-state index contributed by atoms with van der Waals surface area (Å²) in [5, 5.41) is 2.61. The Hall–Kier alpha value is -1.93. The first kappa shape index (κ1) is 17.4. The van der Waals surface area contributed by atoms with Crippen LogP contribution in [0.15, 0.2) is 24.3 Å². The van der Waals surface area contributed by atoms with Gasteiger partial charge in [0.15, 0.2) is 0 Å². The fourth-order valence-corrected chi connectivity index (χ4v) is 3.65. The van der Waals surface area contributed by atoms with Gasteiger partial charge in [0, 0.05) is 19.2 Å². The molecule has 1 amide bonds. The normalized spacial score (nSPS) is 19.1. The summed E-state index contributed by atoms with van der Waals surface area (Å²) in [6.45, 7) is 1.73. The standard InChI is InChI=1S/C15H20N2O5S/c1-11(18)16-12-6-8-13(9-7-12)22-15(19)14-5-3-4-10-17(14)23(2,20)21/h6-9,14H,3-5,10H2,1-2H3,(H,16,18). The highest BCUT2D eigenvalue weighted by molar-refractivity contribution is 7.88. The van der Waals surface area contributed by atoms with Gasteiger partial charge in [0.2, 0.25) is 15.9 Å². The van der Waals surface area contributed by atoms with E-state index in [1.165, 1.54) is 11.2 Å². The summed E-state index contributed by atoms with van der Waals surface area (Å²) in [4.78, 5) is 23.2. The third kappa shape index (κ3) is 4.77. The molecule has 1 aliphatic rings. The number of nitrogens with zero attached hydrogens (tertiary/aromatic N) is 1. The molecule has 0 aliphatic carbocycles. The Bertz CT molecular complexity index is 684. The quantitative estimate of drug-likeness (QED) is 0.660. The van der Waals surface area contributed by atoms with Gasteiger partial charge in [-0.05, 0) is 43.5 Å². The third-order valence-corrected chi connectivity index (χ3v) is 4.83. The van der Waals surface area contributed by atoms with Crippen LogP contribution in [0, 0.1) is 0 Å².